The van der Waals surface area contributed by atoms with E-state index in [2.05, 4.69) is 38.4 Å². The van der Waals surface area contributed by atoms with E-state index < -0.39 is 0 Å². The zero-order valence-corrected chi connectivity index (χ0v) is 17.3. The van der Waals surface area contributed by atoms with Crippen molar-refractivity contribution in [2.45, 2.75) is 32.4 Å². The molecule has 31 heavy (non-hydrogen) atoms. The number of fused-ring (bicyclic) bond motifs is 2. The molecule has 0 atom stereocenters. The van der Waals surface area contributed by atoms with Gasteiger partial charge < -0.3 is 10.3 Å². The summed E-state index contributed by atoms with van der Waals surface area (Å²) in [5, 5.41) is 4.05. The lowest BCUT2D eigenvalue weighted by Gasteiger charge is -2.25. The van der Waals surface area contributed by atoms with Crippen LogP contribution in [0.5, 0.6) is 0 Å². The maximum atomic E-state index is 12.6. The zero-order valence-electron chi connectivity index (χ0n) is 17.3. The fourth-order valence-electron chi connectivity index (χ4n) is 4.23. The molecule has 158 valence electrons. The number of nitrogens with zero attached hydrogens (tertiary/aromatic N) is 3. The van der Waals surface area contributed by atoms with E-state index in [0.717, 1.165) is 17.6 Å². The maximum absolute atomic E-state index is 12.6. The number of rotatable bonds is 5. The Kier molecular flexibility index (Phi) is 5.26. The van der Waals surface area contributed by atoms with E-state index in [1.807, 2.05) is 6.07 Å². The number of carbonyl (C=O) groups excluding carboxylic acids is 1. The van der Waals surface area contributed by atoms with E-state index in [9.17, 15) is 9.59 Å². The number of amides is 1. The molecular weight excluding hydrogens is 390 g/mol. The van der Waals surface area contributed by atoms with Crippen molar-refractivity contribution in [1.29, 1.82) is 0 Å². The third-order valence-electron chi connectivity index (χ3n) is 5.84. The molecule has 0 aliphatic carbocycles. The average Bonchev–Trinajstić information content (AvgIpc) is 3.19. The second-order valence-corrected chi connectivity index (χ2v) is 8.14. The number of carbonyl (C=O) groups is 1. The molecule has 0 bridgehead atoms. The lowest BCUT2D eigenvalue weighted by Crippen LogP contribution is -2.29. The molecule has 4 heterocycles. The Morgan fingerprint density at radius 1 is 1.06 bits per heavy atom. The Hall–Kier alpha value is -3.45. The highest BCUT2D eigenvalue weighted by molar-refractivity contribution is 5.92. The molecular formula is C24H25N5O2. The Bertz CT molecular complexity index is 1300. The summed E-state index contributed by atoms with van der Waals surface area (Å²) in [5.41, 5.74) is 3.59. The van der Waals surface area contributed by atoms with E-state index in [0.29, 0.717) is 12.2 Å². The summed E-state index contributed by atoms with van der Waals surface area (Å²) in [5.74, 6) is -0.360. The minimum absolute atomic E-state index is 0.126. The van der Waals surface area contributed by atoms with Crippen LogP contribution in [-0.2, 0) is 13.1 Å². The summed E-state index contributed by atoms with van der Waals surface area (Å²) in [6.45, 7) is 3.65. The SMILES string of the molecule is O=C(NCc1ccc2cc(CN3CCCCC3)[nH]c2c1)c1cc(=O)n2ccccc2n1. The Morgan fingerprint density at radius 2 is 1.94 bits per heavy atom. The van der Waals surface area contributed by atoms with Crippen molar-refractivity contribution in [2.75, 3.05) is 13.1 Å². The lowest BCUT2D eigenvalue weighted by molar-refractivity contribution is 0.0946. The molecule has 0 unspecified atom stereocenters. The molecule has 3 aromatic heterocycles. The Labute approximate surface area is 179 Å². The van der Waals surface area contributed by atoms with Crippen LogP contribution < -0.4 is 10.9 Å². The van der Waals surface area contributed by atoms with Crippen LogP contribution in [0.2, 0.25) is 0 Å². The first kappa shape index (κ1) is 19.5. The number of piperidine rings is 1. The smallest absolute Gasteiger partial charge is 0.270 e. The number of aromatic nitrogens is 3. The van der Waals surface area contributed by atoms with Gasteiger partial charge in [0.25, 0.3) is 11.5 Å². The van der Waals surface area contributed by atoms with Gasteiger partial charge in [-0.2, -0.15) is 0 Å². The molecule has 1 saturated heterocycles. The van der Waals surface area contributed by atoms with E-state index in [1.165, 1.54) is 53.9 Å². The largest absolute Gasteiger partial charge is 0.357 e. The molecule has 4 aromatic rings. The van der Waals surface area contributed by atoms with Gasteiger partial charge in [-0.3, -0.25) is 18.9 Å². The minimum atomic E-state index is -0.360. The summed E-state index contributed by atoms with van der Waals surface area (Å²) in [7, 11) is 0. The van der Waals surface area contributed by atoms with Crippen molar-refractivity contribution in [3.63, 3.8) is 0 Å². The fraction of sp³-hybridized carbons (Fsp3) is 0.292. The number of hydrogen-bond acceptors (Lipinski definition) is 4. The number of hydrogen-bond donors (Lipinski definition) is 2. The summed E-state index contributed by atoms with van der Waals surface area (Å²) in [6, 6.07) is 14.9. The third kappa shape index (κ3) is 4.22. The number of aromatic amines is 1. The first-order chi connectivity index (χ1) is 15.2. The van der Waals surface area contributed by atoms with Gasteiger partial charge in [-0.05, 0) is 61.1 Å². The van der Waals surface area contributed by atoms with Gasteiger partial charge in [-0.1, -0.05) is 24.6 Å². The van der Waals surface area contributed by atoms with Crippen molar-refractivity contribution in [3.8, 4) is 0 Å². The summed E-state index contributed by atoms with van der Waals surface area (Å²) in [4.78, 5) is 35.1. The summed E-state index contributed by atoms with van der Waals surface area (Å²) < 4.78 is 1.41. The number of H-pyrrole nitrogens is 1. The molecule has 5 rings (SSSR count). The first-order valence-electron chi connectivity index (χ1n) is 10.8. The number of pyridine rings is 1. The normalized spacial score (nSPS) is 14.8. The van der Waals surface area contributed by atoms with Gasteiger partial charge in [0.15, 0.2) is 0 Å². The highest BCUT2D eigenvalue weighted by atomic mass is 16.2. The molecule has 2 N–H and O–H groups in total. The number of likely N-dealkylation sites (tertiary alicyclic amines) is 1. The molecule has 1 aliphatic heterocycles. The van der Waals surface area contributed by atoms with Crippen LogP contribution in [0, 0.1) is 0 Å². The van der Waals surface area contributed by atoms with Crippen molar-refractivity contribution >= 4 is 22.5 Å². The van der Waals surface area contributed by atoms with Crippen molar-refractivity contribution in [1.82, 2.24) is 24.6 Å². The van der Waals surface area contributed by atoms with Gasteiger partial charge >= 0.3 is 0 Å². The van der Waals surface area contributed by atoms with E-state index >= 15 is 0 Å². The molecule has 1 aromatic carbocycles. The van der Waals surface area contributed by atoms with Crippen LogP contribution in [0.3, 0.4) is 0 Å². The number of benzene rings is 1. The van der Waals surface area contributed by atoms with E-state index in [1.54, 1.807) is 24.4 Å². The van der Waals surface area contributed by atoms with Gasteiger partial charge in [0, 0.05) is 36.6 Å². The van der Waals surface area contributed by atoms with Crippen molar-refractivity contribution in [3.05, 3.63) is 82.0 Å². The molecule has 0 radical (unpaired) electrons. The highest BCUT2D eigenvalue weighted by Crippen LogP contribution is 2.20. The fourth-order valence-corrected chi connectivity index (χ4v) is 4.23. The molecule has 7 nitrogen and oxygen atoms in total. The average molecular weight is 415 g/mol. The van der Waals surface area contributed by atoms with E-state index in [-0.39, 0.29) is 17.2 Å². The van der Waals surface area contributed by atoms with Crippen molar-refractivity contribution < 1.29 is 4.79 Å². The van der Waals surface area contributed by atoms with Crippen molar-refractivity contribution in [2.24, 2.45) is 0 Å². The third-order valence-corrected chi connectivity index (χ3v) is 5.84. The molecule has 7 heteroatoms. The van der Waals surface area contributed by atoms with Gasteiger partial charge in [0.2, 0.25) is 0 Å². The minimum Gasteiger partial charge on any atom is -0.357 e. The van der Waals surface area contributed by atoms with Crippen LogP contribution in [0.15, 0.2) is 59.5 Å². The predicted octanol–water partition coefficient (Wildman–Crippen LogP) is 3.09. The van der Waals surface area contributed by atoms with Crippen LogP contribution >= 0.6 is 0 Å². The van der Waals surface area contributed by atoms with Crippen LogP contribution in [0.4, 0.5) is 0 Å². The van der Waals surface area contributed by atoms with Crippen LogP contribution in [0.1, 0.15) is 41.0 Å². The summed E-state index contributed by atoms with van der Waals surface area (Å²) in [6.07, 6.45) is 5.53. The Balaban J connectivity index is 1.28. The number of nitrogens with one attached hydrogen (secondary N) is 2. The molecule has 0 saturated carbocycles. The molecule has 0 spiro atoms. The molecule has 1 amide bonds. The van der Waals surface area contributed by atoms with Gasteiger partial charge in [0.05, 0.1) is 0 Å². The maximum Gasteiger partial charge on any atom is 0.270 e. The van der Waals surface area contributed by atoms with Crippen LogP contribution in [-0.4, -0.2) is 38.3 Å². The Morgan fingerprint density at radius 3 is 2.81 bits per heavy atom. The van der Waals surface area contributed by atoms with Gasteiger partial charge in [0.1, 0.15) is 11.3 Å². The second-order valence-electron chi connectivity index (χ2n) is 8.14. The first-order valence-corrected chi connectivity index (χ1v) is 10.8. The zero-order chi connectivity index (χ0) is 21.2. The summed E-state index contributed by atoms with van der Waals surface area (Å²) >= 11 is 0. The molecule has 1 fully saturated rings. The van der Waals surface area contributed by atoms with E-state index in [4.69, 9.17) is 0 Å². The quantitative estimate of drug-likeness (QED) is 0.525. The van der Waals surface area contributed by atoms with Gasteiger partial charge in [-0.25, -0.2) is 4.98 Å². The second kappa shape index (κ2) is 8.35. The highest BCUT2D eigenvalue weighted by Gasteiger charge is 2.13. The monoisotopic (exact) mass is 415 g/mol. The standard InChI is InChI=1S/C24H25N5O2/c30-23-14-21(27-22-6-2-5-11-29(22)23)24(31)25-15-17-7-8-18-13-19(26-20(18)12-17)16-28-9-3-1-4-10-28/h2,5-8,11-14,26H,1,3-4,9-10,15-16H2,(H,25,31). The molecule has 1 aliphatic rings. The topological polar surface area (TPSA) is 82.5 Å². The lowest BCUT2D eigenvalue weighted by atomic mass is 10.1. The van der Waals surface area contributed by atoms with Crippen LogP contribution in [0.25, 0.3) is 16.6 Å². The predicted molar refractivity (Wildman–Crippen MR) is 120 cm³/mol. The van der Waals surface area contributed by atoms with Gasteiger partial charge in [-0.15, -0.1) is 0 Å².